The van der Waals surface area contributed by atoms with E-state index in [-0.39, 0.29) is 5.91 Å². The molecule has 1 amide bonds. The molecule has 1 fully saturated rings. The highest BCUT2D eigenvalue weighted by molar-refractivity contribution is 6.00. The number of hydrogen-bond donors (Lipinski definition) is 0. The van der Waals surface area contributed by atoms with Crippen LogP contribution in [-0.2, 0) is 0 Å². The molecule has 8 nitrogen and oxygen atoms in total. The minimum Gasteiger partial charge on any atom is -0.497 e. The van der Waals surface area contributed by atoms with Crippen LogP contribution in [0, 0.1) is 0 Å². The predicted molar refractivity (Wildman–Crippen MR) is 124 cm³/mol. The standard InChI is InChI=1S/C25H26N4O4/c1-28(2)18-10-12-29(13-11-18)25(30)17-6-9-22-20(14-17)23(27-33-22)21-15-32-24(26-21)16-4-7-19(31-3)8-5-16/h4-9,14-15,18H,10-13H2,1-3H3. The molecule has 2 aromatic heterocycles. The van der Waals surface area contributed by atoms with Crippen LogP contribution in [-0.4, -0.2) is 66.2 Å². The molecule has 4 aromatic rings. The summed E-state index contributed by atoms with van der Waals surface area (Å²) >= 11 is 0. The summed E-state index contributed by atoms with van der Waals surface area (Å²) < 4.78 is 16.4. The van der Waals surface area contributed by atoms with Gasteiger partial charge < -0.3 is 23.5 Å². The van der Waals surface area contributed by atoms with Crippen LogP contribution in [0.1, 0.15) is 23.2 Å². The van der Waals surface area contributed by atoms with Crippen LogP contribution in [0.25, 0.3) is 33.8 Å². The zero-order valence-electron chi connectivity index (χ0n) is 18.9. The highest BCUT2D eigenvalue weighted by Gasteiger charge is 2.25. The summed E-state index contributed by atoms with van der Waals surface area (Å²) in [5, 5.41) is 4.93. The fraction of sp³-hybridized carbons (Fsp3) is 0.320. The number of carbonyl (C=O) groups excluding carboxylic acids is 1. The average molecular weight is 447 g/mol. The SMILES string of the molecule is COc1ccc(-c2nc(-c3noc4ccc(C(=O)N5CCC(N(C)C)CC5)cc34)co2)cc1. The molecule has 0 atom stereocenters. The van der Waals surface area contributed by atoms with Gasteiger partial charge >= 0.3 is 0 Å². The van der Waals surface area contributed by atoms with Crippen LogP contribution < -0.4 is 4.74 Å². The van der Waals surface area contributed by atoms with Gasteiger partial charge in [-0.05, 0) is 69.4 Å². The Bertz CT molecular complexity index is 1270. The molecule has 2 aromatic carbocycles. The van der Waals surface area contributed by atoms with Gasteiger partial charge in [0.05, 0.1) is 12.5 Å². The highest BCUT2D eigenvalue weighted by atomic mass is 16.5. The summed E-state index contributed by atoms with van der Waals surface area (Å²) in [6.45, 7) is 1.51. The molecule has 1 aliphatic heterocycles. The maximum absolute atomic E-state index is 13.1. The first kappa shape index (κ1) is 21.2. The van der Waals surface area contributed by atoms with Crippen LogP contribution in [0.4, 0.5) is 0 Å². The van der Waals surface area contributed by atoms with E-state index >= 15 is 0 Å². The number of oxazole rings is 1. The number of piperidine rings is 1. The molecule has 1 aliphatic rings. The lowest BCUT2D eigenvalue weighted by atomic mass is 10.0. The van der Waals surface area contributed by atoms with Crippen molar-refractivity contribution in [3.8, 4) is 28.6 Å². The Hall–Kier alpha value is -3.65. The Morgan fingerprint density at radius 1 is 1.12 bits per heavy atom. The van der Waals surface area contributed by atoms with Gasteiger partial charge in [-0.1, -0.05) is 5.16 Å². The van der Waals surface area contributed by atoms with Gasteiger partial charge in [-0.2, -0.15) is 0 Å². The van der Waals surface area contributed by atoms with Crippen molar-refractivity contribution in [2.45, 2.75) is 18.9 Å². The van der Waals surface area contributed by atoms with E-state index in [4.69, 9.17) is 13.7 Å². The molecule has 0 N–H and O–H groups in total. The third kappa shape index (κ3) is 4.09. The molecular formula is C25H26N4O4. The van der Waals surface area contributed by atoms with E-state index in [1.807, 2.05) is 35.2 Å². The number of fused-ring (bicyclic) bond motifs is 1. The first-order valence-corrected chi connectivity index (χ1v) is 11.0. The minimum absolute atomic E-state index is 0.0281. The van der Waals surface area contributed by atoms with E-state index in [2.05, 4.69) is 29.1 Å². The van der Waals surface area contributed by atoms with Gasteiger partial charge in [-0.15, -0.1) is 0 Å². The van der Waals surface area contributed by atoms with Gasteiger partial charge in [-0.25, -0.2) is 4.98 Å². The fourth-order valence-electron chi connectivity index (χ4n) is 4.27. The minimum atomic E-state index is 0.0281. The number of amides is 1. The summed E-state index contributed by atoms with van der Waals surface area (Å²) in [7, 11) is 5.81. The van der Waals surface area contributed by atoms with E-state index in [0.29, 0.717) is 34.5 Å². The molecule has 8 heteroatoms. The molecule has 0 saturated carbocycles. The normalized spacial score (nSPS) is 14.8. The molecule has 0 unspecified atom stereocenters. The molecular weight excluding hydrogens is 420 g/mol. The first-order chi connectivity index (χ1) is 16.0. The van der Waals surface area contributed by atoms with Crippen LogP contribution in [0.2, 0.25) is 0 Å². The van der Waals surface area contributed by atoms with Crippen LogP contribution >= 0.6 is 0 Å². The van der Waals surface area contributed by atoms with Gasteiger partial charge in [0.15, 0.2) is 5.58 Å². The molecule has 33 heavy (non-hydrogen) atoms. The van der Waals surface area contributed by atoms with E-state index in [1.54, 1.807) is 25.5 Å². The molecule has 0 radical (unpaired) electrons. The van der Waals surface area contributed by atoms with E-state index < -0.39 is 0 Å². The predicted octanol–water partition coefficient (Wildman–Crippen LogP) is 4.32. The van der Waals surface area contributed by atoms with Gasteiger partial charge in [0.25, 0.3) is 5.91 Å². The maximum Gasteiger partial charge on any atom is 0.253 e. The lowest BCUT2D eigenvalue weighted by molar-refractivity contribution is 0.0663. The fourth-order valence-corrected chi connectivity index (χ4v) is 4.27. The molecule has 170 valence electrons. The van der Waals surface area contributed by atoms with Gasteiger partial charge in [0, 0.05) is 30.3 Å². The Balaban J connectivity index is 1.40. The maximum atomic E-state index is 13.1. The summed E-state index contributed by atoms with van der Waals surface area (Å²) in [5.41, 5.74) is 3.15. The van der Waals surface area contributed by atoms with Crippen molar-refractivity contribution in [1.29, 1.82) is 0 Å². The molecule has 0 bridgehead atoms. The Morgan fingerprint density at radius 2 is 1.88 bits per heavy atom. The van der Waals surface area contributed by atoms with Crippen molar-refractivity contribution in [3.63, 3.8) is 0 Å². The molecule has 1 saturated heterocycles. The van der Waals surface area contributed by atoms with Crippen molar-refractivity contribution in [1.82, 2.24) is 19.9 Å². The van der Waals surface area contributed by atoms with Crippen molar-refractivity contribution < 1.29 is 18.5 Å². The van der Waals surface area contributed by atoms with Crippen molar-refractivity contribution in [2.75, 3.05) is 34.3 Å². The average Bonchev–Trinajstić information content (AvgIpc) is 3.50. The second kappa shape index (κ2) is 8.71. The largest absolute Gasteiger partial charge is 0.497 e. The van der Waals surface area contributed by atoms with Crippen molar-refractivity contribution in [3.05, 3.63) is 54.3 Å². The summed E-state index contributed by atoms with van der Waals surface area (Å²) in [5.74, 6) is 1.26. The lowest BCUT2D eigenvalue weighted by Crippen LogP contribution is -2.44. The zero-order valence-corrected chi connectivity index (χ0v) is 18.9. The monoisotopic (exact) mass is 446 g/mol. The molecule has 5 rings (SSSR count). The Kier molecular flexibility index (Phi) is 5.60. The topological polar surface area (TPSA) is 84.8 Å². The number of benzene rings is 2. The number of aromatic nitrogens is 2. The molecule has 0 aliphatic carbocycles. The number of nitrogens with zero attached hydrogens (tertiary/aromatic N) is 4. The van der Waals surface area contributed by atoms with Gasteiger partial charge in [0.2, 0.25) is 5.89 Å². The quantitative estimate of drug-likeness (QED) is 0.451. The Morgan fingerprint density at radius 3 is 2.58 bits per heavy atom. The van der Waals surface area contributed by atoms with Crippen LogP contribution in [0.3, 0.4) is 0 Å². The van der Waals surface area contributed by atoms with Crippen molar-refractivity contribution in [2.24, 2.45) is 0 Å². The van der Waals surface area contributed by atoms with E-state index in [1.165, 1.54) is 0 Å². The number of ether oxygens (including phenoxy) is 1. The number of likely N-dealkylation sites (tertiary alicyclic amines) is 1. The number of hydrogen-bond acceptors (Lipinski definition) is 7. The summed E-state index contributed by atoms with van der Waals surface area (Å²) in [6, 6.07) is 13.4. The summed E-state index contributed by atoms with van der Waals surface area (Å²) in [4.78, 5) is 21.9. The number of methoxy groups -OCH3 is 1. The van der Waals surface area contributed by atoms with Gasteiger partial charge in [-0.3, -0.25) is 4.79 Å². The second-order valence-electron chi connectivity index (χ2n) is 8.50. The number of rotatable bonds is 5. The van der Waals surface area contributed by atoms with E-state index in [0.717, 1.165) is 42.6 Å². The smallest absolute Gasteiger partial charge is 0.253 e. The van der Waals surface area contributed by atoms with Crippen molar-refractivity contribution >= 4 is 16.9 Å². The van der Waals surface area contributed by atoms with Crippen LogP contribution in [0.5, 0.6) is 5.75 Å². The molecule has 3 heterocycles. The Labute approximate surface area is 191 Å². The highest BCUT2D eigenvalue weighted by Crippen LogP contribution is 2.31. The molecule has 0 spiro atoms. The zero-order chi connectivity index (χ0) is 22.9. The lowest BCUT2D eigenvalue weighted by Gasteiger charge is -2.35. The third-order valence-electron chi connectivity index (χ3n) is 6.28. The van der Waals surface area contributed by atoms with Gasteiger partial charge in [0.1, 0.15) is 23.4 Å². The second-order valence-corrected chi connectivity index (χ2v) is 8.50. The van der Waals surface area contributed by atoms with E-state index in [9.17, 15) is 4.79 Å². The number of carbonyl (C=O) groups is 1. The third-order valence-corrected chi connectivity index (χ3v) is 6.28. The van der Waals surface area contributed by atoms with Crippen LogP contribution in [0.15, 0.2) is 57.7 Å². The first-order valence-electron chi connectivity index (χ1n) is 11.0. The summed E-state index contributed by atoms with van der Waals surface area (Å²) in [6.07, 6.45) is 3.51.